The number of hydrogen-bond donors (Lipinski definition) is 0. The summed E-state index contributed by atoms with van der Waals surface area (Å²) in [6.07, 6.45) is 2.16. The summed E-state index contributed by atoms with van der Waals surface area (Å²) in [5, 5.41) is 0. The number of benzene rings is 1. The van der Waals surface area contributed by atoms with E-state index >= 15 is 0 Å². The van der Waals surface area contributed by atoms with Gasteiger partial charge >= 0.3 is 0 Å². The lowest BCUT2D eigenvalue weighted by Gasteiger charge is -2.02. The second-order valence-corrected chi connectivity index (χ2v) is 6.78. The lowest BCUT2D eigenvalue weighted by molar-refractivity contribution is 0.174. The molecular weight excluding hydrogens is 264 g/mol. The van der Waals surface area contributed by atoms with Gasteiger partial charge < -0.3 is 9.47 Å². The van der Waals surface area contributed by atoms with Crippen LogP contribution >= 0.6 is 10.7 Å². The van der Waals surface area contributed by atoms with Crippen LogP contribution in [-0.2, 0) is 15.5 Å². The normalized spacial score (nSPS) is 13.9. The van der Waals surface area contributed by atoms with Gasteiger partial charge in [0.2, 0.25) is 15.8 Å². The van der Waals surface area contributed by atoms with E-state index in [2.05, 4.69) is 0 Å². The van der Waals surface area contributed by atoms with Gasteiger partial charge in [-0.3, -0.25) is 0 Å². The minimum Gasteiger partial charge on any atom is -0.454 e. The third-order valence-electron chi connectivity index (χ3n) is 2.54. The topological polar surface area (TPSA) is 52.6 Å². The zero-order valence-corrected chi connectivity index (χ0v) is 10.8. The Morgan fingerprint density at radius 2 is 1.94 bits per heavy atom. The number of aryl methyl sites for hydroxylation is 1. The van der Waals surface area contributed by atoms with Crippen LogP contribution in [0, 0.1) is 0 Å². The van der Waals surface area contributed by atoms with Gasteiger partial charge in [-0.2, -0.15) is 0 Å². The van der Waals surface area contributed by atoms with Crippen molar-refractivity contribution in [1.82, 2.24) is 0 Å². The van der Waals surface area contributed by atoms with Crippen LogP contribution in [0.1, 0.15) is 18.4 Å². The Balaban J connectivity index is 1.84. The molecule has 0 bridgehead atoms. The van der Waals surface area contributed by atoms with E-state index in [1.807, 2.05) is 18.2 Å². The van der Waals surface area contributed by atoms with E-state index in [4.69, 9.17) is 20.2 Å². The third kappa shape index (κ3) is 3.78. The largest absolute Gasteiger partial charge is 0.454 e. The molecule has 0 N–H and O–H groups in total. The Hall–Kier alpha value is -0.940. The van der Waals surface area contributed by atoms with Gasteiger partial charge in [0, 0.05) is 10.7 Å². The Labute approximate surface area is 105 Å². The number of ether oxygens (including phenoxy) is 2. The first-order chi connectivity index (χ1) is 8.04. The summed E-state index contributed by atoms with van der Waals surface area (Å²) in [7, 11) is 1.77. The van der Waals surface area contributed by atoms with Crippen molar-refractivity contribution in [3.8, 4) is 11.5 Å². The number of fused-ring (bicyclic) bond motifs is 1. The molecule has 0 aliphatic carbocycles. The first-order valence-electron chi connectivity index (χ1n) is 5.35. The highest BCUT2D eigenvalue weighted by molar-refractivity contribution is 8.13. The van der Waals surface area contributed by atoms with E-state index in [0.717, 1.165) is 29.9 Å². The van der Waals surface area contributed by atoms with Crippen molar-refractivity contribution in [3.63, 3.8) is 0 Å². The van der Waals surface area contributed by atoms with Gasteiger partial charge in [0.05, 0.1) is 5.75 Å². The molecule has 1 aliphatic rings. The molecular formula is C11H13ClO4S. The fourth-order valence-electron chi connectivity index (χ4n) is 1.70. The Kier molecular flexibility index (Phi) is 3.79. The average molecular weight is 277 g/mol. The van der Waals surface area contributed by atoms with Gasteiger partial charge in [0.1, 0.15) is 0 Å². The summed E-state index contributed by atoms with van der Waals surface area (Å²) in [6, 6.07) is 5.76. The van der Waals surface area contributed by atoms with Crippen LogP contribution in [0.4, 0.5) is 0 Å². The average Bonchev–Trinajstić information content (AvgIpc) is 2.70. The highest BCUT2D eigenvalue weighted by Gasteiger charge is 2.13. The first-order valence-corrected chi connectivity index (χ1v) is 7.83. The van der Waals surface area contributed by atoms with Crippen molar-refractivity contribution in [2.24, 2.45) is 0 Å². The van der Waals surface area contributed by atoms with Gasteiger partial charge in [0.15, 0.2) is 11.5 Å². The molecule has 0 radical (unpaired) electrons. The van der Waals surface area contributed by atoms with Crippen LogP contribution in [0.3, 0.4) is 0 Å². The van der Waals surface area contributed by atoms with Gasteiger partial charge in [0.25, 0.3) is 0 Å². The maximum atomic E-state index is 10.7. The minimum atomic E-state index is -3.36. The molecule has 0 atom stereocenters. The molecule has 1 aliphatic heterocycles. The van der Waals surface area contributed by atoms with E-state index in [1.54, 1.807) is 0 Å². The quantitative estimate of drug-likeness (QED) is 0.612. The highest BCUT2D eigenvalue weighted by atomic mass is 35.7. The lowest BCUT2D eigenvalue weighted by Crippen LogP contribution is -1.97. The molecule has 0 aromatic heterocycles. The molecule has 2 rings (SSSR count). The third-order valence-corrected chi connectivity index (χ3v) is 3.78. The number of hydrogen-bond acceptors (Lipinski definition) is 4. The summed E-state index contributed by atoms with van der Waals surface area (Å²) in [6.45, 7) is 0.267. The molecule has 6 heteroatoms. The zero-order chi connectivity index (χ0) is 12.3. The van der Waals surface area contributed by atoms with Gasteiger partial charge in [-0.1, -0.05) is 6.07 Å². The standard InChI is InChI=1S/C11H13ClO4S/c12-17(13,14)6-2-1-3-9-4-5-10-11(7-9)16-8-15-10/h4-5,7H,1-3,6,8H2. The highest BCUT2D eigenvalue weighted by Crippen LogP contribution is 2.32. The predicted molar refractivity (Wildman–Crippen MR) is 65.1 cm³/mol. The molecule has 4 nitrogen and oxygen atoms in total. The molecule has 0 fully saturated rings. The maximum Gasteiger partial charge on any atom is 0.232 e. The lowest BCUT2D eigenvalue weighted by atomic mass is 10.1. The number of unbranched alkanes of at least 4 members (excludes halogenated alkanes) is 1. The fourth-order valence-corrected chi connectivity index (χ4v) is 2.58. The Morgan fingerprint density at radius 3 is 2.71 bits per heavy atom. The molecule has 0 saturated heterocycles. The van der Waals surface area contributed by atoms with E-state index in [-0.39, 0.29) is 12.5 Å². The first kappa shape index (κ1) is 12.5. The van der Waals surface area contributed by atoms with Crippen LogP contribution < -0.4 is 9.47 Å². The Bertz CT molecular complexity index is 498. The van der Waals surface area contributed by atoms with Crippen LogP contribution in [-0.4, -0.2) is 21.0 Å². The predicted octanol–water partition coefficient (Wildman–Crippen LogP) is 2.31. The second-order valence-electron chi connectivity index (χ2n) is 3.89. The van der Waals surface area contributed by atoms with Crippen molar-refractivity contribution < 1.29 is 17.9 Å². The van der Waals surface area contributed by atoms with Gasteiger partial charge in [-0.25, -0.2) is 8.42 Å². The molecule has 0 spiro atoms. The monoisotopic (exact) mass is 276 g/mol. The second kappa shape index (κ2) is 5.14. The zero-order valence-electron chi connectivity index (χ0n) is 9.19. The smallest absolute Gasteiger partial charge is 0.232 e. The Morgan fingerprint density at radius 1 is 1.18 bits per heavy atom. The van der Waals surface area contributed by atoms with Crippen molar-refractivity contribution in [3.05, 3.63) is 23.8 Å². The van der Waals surface area contributed by atoms with Crippen LogP contribution in [0.2, 0.25) is 0 Å². The van der Waals surface area contributed by atoms with Gasteiger partial charge in [-0.05, 0) is 37.0 Å². The van der Waals surface area contributed by atoms with Crippen molar-refractivity contribution in [2.45, 2.75) is 19.3 Å². The molecule has 1 aromatic rings. The molecule has 0 saturated carbocycles. The van der Waals surface area contributed by atoms with Crippen LogP contribution in [0.5, 0.6) is 11.5 Å². The summed E-state index contributed by atoms with van der Waals surface area (Å²) in [4.78, 5) is 0. The minimum absolute atomic E-state index is 0.0269. The fraction of sp³-hybridized carbons (Fsp3) is 0.455. The number of rotatable bonds is 5. The van der Waals surface area contributed by atoms with E-state index in [1.165, 1.54) is 0 Å². The summed E-state index contributed by atoms with van der Waals surface area (Å²) in [5.74, 6) is 1.54. The van der Waals surface area contributed by atoms with Crippen molar-refractivity contribution >= 4 is 19.7 Å². The van der Waals surface area contributed by atoms with Gasteiger partial charge in [-0.15, -0.1) is 0 Å². The van der Waals surface area contributed by atoms with E-state index in [0.29, 0.717) is 6.42 Å². The number of halogens is 1. The SMILES string of the molecule is O=S(=O)(Cl)CCCCc1ccc2c(c1)OCO2. The summed E-state index contributed by atoms with van der Waals surface area (Å²) >= 11 is 0. The summed E-state index contributed by atoms with van der Waals surface area (Å²) < 4.78 is 31.9. The van der Waals surface area contributed by atoms with Crippen LogP contribution in [0.25, 0.3) is 0 Å². The van der Waals surface area contributed by atoms with Crippen molar-refractivity contribution in [1.29, 1.82) is 0 Å². The van der Waals surface area contributed by atoms with E-state index in [9.17, 15) is 8.42 Å². The molecule has 94 valence electrons. The molecule has 0 unspecified atom stereocenters. The van der Waals surface area contributed by atoms with E-state index < -0.39 is 9.05 Å². The maximum absolute atomic E-state index is 10.7. The van der Waals surface area contributed by atoms with Crippen LogP contribution in [0.15, 0.2) is 18.2 Å². The molecule has 1 heterocycles. The van der Waals surface area contributed by atoms with Crippen molar-refractivity contribution in [2.75, 3.05) is 12.5 Å². The molecule has 17 heavy (non-hydrogen) atoms. The molecule has 0 amide bonds. The summed E-state index contributed by atoms with van der Waals surface area (Å²) in [5.41, 5.74) is 1.11. The molecule has 1 aromatic carbocycles.